The van der Waals surface area contributed by atoms with Crippen LogP contribution in [-0.4, -0.2) is 130 Å². The molecule has 5 aliphatic rings. The molecule has 7 aromatic rings. The van der Waals surface area contributed by atoms with Crippen LogP contribution in [-0.2, 0) is 47.2 Å². The van der Waals surface area contributed by atoms with Crippen LogP contribution in [0.15, 0.2) is 146 Å². The number of para-hydroxylation sites is 1. The zero-order chi connectivity index (χ0) is 56.6. The SMILES string of the molecule is COC(=O)[C@@H](NC(=O)N1C(=O)[C@@]2(c3cc(C#CCn4nnc5ccccc54)ccc31)[C@H](C(=O)N1CCN(Cc3ccc4c(c3)OCO4)CC1)[C@H]1C(=O)O[C@H](c3ccccc3)[C@H](c3ccccc3)N1[C@@H]2c1ccc(OCCO)cc1)C(C)C. The molecular weight excluding hydrogens is 1040 g/mol. The van der Waals surface area contributed by atoms with Crippen LogP contribution in [0.2, 0.25) is 0 Å². The highest BCUT2D eigenvalue weighted by Crippen LogP contribution is 2.66. The molecule has 0 bridgehead atoms. The second-order valence-corrected chi connectivity index (χ2v) is 21.3. The van der Waals surface area contributed by atoms with E-state index in [1.54, 1.807) is 65.9 Å². The summed E-state index contributed by atoms with van der Waals surface area (Å²) in [5, 5.41) is 21.2. The van der Waals surface area contributed by atoms with Crippen molar-refractivity contribution in [3.8, 4) is 29.1 Å². The van der Waals surface area contributed by atoms with Gasteiger partial charge in [-0.15, -0.1) is 5.10 Å². The van der Waals surface area contributed by atoms with Gasteiger partial charge in [-0.05, 0) is 88.3 Å². The number of cyclic esters (lactones) is 1. The van der Waals surface area contributed by atoms with Gasteiger partial charge in [-0.25, -0.2) is 19.2 Å². The molecule has 4 amide bonds. The summed E-state index contributed by atoms with van der Waals surface area (Å²) in [6.45, 7) is 5.49. The van der Waals surface area contributed by atoms with Gasteiger partial charge in [0.15, 0.2) is 11.5 Å². The van der Waals surface area contributed by atoms with Gasteiger partial charge < -0.3 is 39.0 Å². The van der Waals surface area contributed by atoms with Crippen LogP contribution in [0.25, 0.3) is 11.0 Å². The maximum Gasteiger partial charge on any atom is 0.329 e. The lowest BCUT2D eigenvalue weighted by Gasteiger charge is -2.46. The summed E-state index contributed by atoms with van der Waals surface area (Å²) < 4.78 is 30.7. The Balaban J connectivity index is 1.06. The largest absolute Gasteiger partial charge is 0.491 e. The highest BCUT2D eigenvalue weighted by molar-refractivity contribution is 6.25. The van der Waals surface area contributed by atoms with Gasteiger partial charge in [0.1, 0.15) is 48.0 Å². The summed E-state index contributed by atoms with van der Waals surface area (Å²) in [4.78, 5) is 85.3. The number of nitrogens with zero attached hydrogens (tertiary/aromatic N) is 7. The van der Waals surface area contributed by atoms with E-state index in [9.17, 15) is 9.90 Å². The van der Waals surface area contributed by atoms with E-state index in [0.29, 0.717) is 59.1 Å². The minimum Gasteiger partial charge on any atom is -0.491 e. The summed E-state index contributed by atoms with van der Waals surface area (Å²) in [7, 11) is 1.22. The average Bonchev–Trinajstić information content (AvgIpc) is 1.64. The minimum atomic E-state index is -2.11. The first-order chi connectivity index (χ1) is 40.0. The Hall–Kier alpha value is -9.09. The molecule has 0 unspecified atom stereocenters. The topological polar surface area (TPSA) is 207 Å². The molecule has 1 spiro atoms. The number of carbonyl (C=O) groups excluding carboxylic acids is 5. The number of carbonyl (C=O) groups is 5. The molecule has 7 atom stereocenters. The Morgan fingerprint density at radius 3 is 2.26 bits per heavy atom. The van der Waals surface area contributed by atoms with E-state index in [2.05, 4.69) is 32.4 Å². The summed E-state index contributed by atoms with van der Waals surface area (Å²) in [6, 6.07) is 38.8. The third-order valence-corrected chi connectivity index (χ3v) is 16.3. The van der Waals surface area contributed by atoms with Crippen molar-refractivity contribution in [3.05, 3.63) is 179 Å². The number of benzene rings is 6. The molecule has 3 saturated heterocycles. The van der Waals surface area contributed by atoms with Gasteiger partial charge in [-0.2, -0.15) is 0 Å². The second kappa shape index (κ2) is 22.4. The highest BCUT2D eigenvalue weighted by atomic mass is 16.7. The van der Waals surface area contributed by atoms with Gasteiger partial charge in [0.2, 0.25) is 18.6 Å². The molecule has 82 heavy (non-hydrogen) atoms. The smallest absolute Gasteiger partial charge is 0.329 e. The second-order valence-electron chi connectivity index (χ2n) is 21.3. The summed E-state index contributed by atoms with van der Waals surface area (Å²) in [5.41, 5.74) is 3.14. The molecule has 19 heteroatoms. The third kappa shape index (κ3) is 9.51. The third-order valence-electron chi connectivity index (χ3n) is 16.3. The number of imide groups is 1. The van der Waals surface area contributed by atoms with E-state index in [4.69, 9.17) is 23.7 Å². The van der Waals surface area contributed by atoms with Crippen molar-refractivity contribution in [3.63, 3.8) is 0 Å². The molecule has 1 aromatic heterocycles. The molecule has 0 aliphatic carbocycles. The number of nitrogens with one attached hydrogen (secondary N) is 1. The number of fused-ring (bicyclic) bond motifs is 5. The first-order valence-electron chi connectivity index (χ1n) is 27.4. The molecule has 6 heterocycles. The van der Waals surface area contributed by atoms with E-state index >= 15 is 19.2 Å². The first-order valence-corrected chi connectivity index (χ1v) is 27.4. The first kappa shape index (κ1) is 53.5. The van der Waals surface area contributed by atoms with Crippen LogP contribution in [0.4, 0.5) is 10.5 Å². The van der Waals surface area contributed by atoms with Crippen LogP contribution >= 0.6 is 0 Å². The quantitative estimate of drug-likeness (QED) is 0.0934. The molecule has 0 saturated carbocycles. The molecule has 3 fully saturated rings. The Kier molecular flexibility index (Phi) is 14.7. The Morgan fingerprint density at radius 2 is 1.52 bits per heavy atom. The highest BCUT2D eigenvalue weighted by Gasteiger charge is 2.76. The fraction of sp³-hybridized carbons (Fsp3) is 0.317. The van der Waals surface area contributed by atoms with Crippen molar-refractivity contribution >= 4 is 46.5 Å². The van der Waals surface area contributed by atoms with Crippen LogP contribution in [0.3, 0.4) is 0 Å². The molecule has 6 aromatic carbocycles. The molecule has 2 N–H and O–H groups in total. The normalized spacial score (nSPS) is 22.3. The van der Waals surface area contributed by atoms with Gasteiger partial charge in [-0.1, -0.05) is 122 Å². The number of urea groups is 1. The Bertz CT molecular complexity index is 3630. The van der Waals surface area contributed by atoms with Crippen molar-refractivity contribution < 1.29 is 52.8 Å². The lowest BCUT2D eigenvalue weighted by atomic mass is 9.64. The number of aliphatic hydroxyl groups is 1. The standard InChI is InChI=1S/C63H60N8O11/c1-39(2)53(59(74)78-3)64-62(77)70-48-26-20-40(13-12-28-69-49-19-11-10-18-47(49)65-66-69)35-46(48)63(61(70)76)52(58(73)68-31-29-67(30-32-68)37-41-21-27-50-51(36-41)81-38-80-50)55-60(75)82-56(43-16-8-5-9-17-43)54(42-14-6-4-7-15-42)71(55)57(63)44-22-24-45(25-23-44)79-34-33-72/h4-11,14-27,35-36,39,52-57,72H,28-34,37-38H2,1-3H3,(H,64,77)/t52-,53-,54-,55-,56+,57+,63-/m0/s1. The van der Waals surface area contributed by atoms with E-state index < -0.39 is 77.3 Å². The van der Waals surface area contributed by atoms with Gasteiger partial charge in [0, 0.05) is 38.3 Å². The lowest BCUT2D eigenvalue weighted by molar-refractivity contribution is -0.179. The van der Waals surface area contributed by atoms with Crippen molar-refractivity contribution in [1.82, 2.24) is 35.0 Å². The lowest BCUT2D eigenvalue weighted by Crippen LogP contribution is -2.59. The van der Waals surface area contributed by atoms with Gasteiger partial charge >= 0.3 is 18.0 Å². The molecule has 5 aliphatic heterocycles. The van der Waals surface area contributed by atoms with E-state index in [1.807, 2.05) is 108 Å². The number of esters is 2. The molecule has 12 rings (SSSR count). The number of morpholine rings is 1. The van der Waals surface area contributed by atoms with Gasteiger partial charge in [0.05, 0.1) is 42.9 Å². The minimum absolute atomic E-state index is 0.0118. The summed E-state index contributed by atoms with van der Waals surface area (Å²) in [6.07, 6.45) is -0.958. The van der Waals surface area contributed by atoms with Crippen LogP contribution in [0, 0.1) is 23.7 Å². The fourth-order valence-corrected chi connectivity index (χ4v) is 12.6. The number of hydrogen-bond acceptors (Lipinski definition) is 15. The molecular formula is C63H60N8O11. The Morgan fingerprint density at radius 1 is 0.805 bits per heavy atom. The van der Waals surface area contributed by atoms with Gasteiger partial charge in [0.25, 0.3) is 0 Å². The van der Waals surface area contributed by atoms with E-state index in [1.165, 1.54) is 7.11 Å². The maximum absolute atomic E-state index is 17.1. The number of anilines is 1. The number of aromatic nitrogens is 3. The van der Waals surface area contributed by atoms with E-state index in [-0.39, 0.29) is 50.9 Å². The molecule has 19 nitrogen and oxygen atoms in total. The number of aliphatic hydroxyl groups excluding tert-OH is 1. The Labute approximate surface area is 473 Å². The summed E-state index contributed by atoms with van der Waals surface area (Å²) >= 11 is 0. The molecule has 418 valence electrons. The van der Waals surface area contributed by atoms with Crippen molar-refractivity contribution in [1.29, 1.82) is 0 Å². The zero-order valence-electron chi connectivity index (χ0n) is 45.4. The zero-order valence-corrected chi connectivity index (χ0v) is 45.4. The molecule has 0 radical (unpaired) electrons. The monoisotopic (exact) mass is 1100 g/mol. The predicted octanol–water partition coefficient (Wildman–Crippen LogP) is 6.50. The number of amides is 4. The van der Waals surface area contributed by atoms with Gasteiger partial charge in [-0.3, -0.25) is 24.2 Å². The number of hydrogen-bond donors (Lipinski definition) is 2. The van der Waals surface area contributed by atoms with Crippen LogP contribution in [0.1, 0.15) is 65.4 Å². The van der Waals surface area contributed by atoms with Crippen molar-refractivity contribution in [2.75, 3.05) is 58.2 Å². The van der Waals surface area contributed by atoms with Crippen LogP contribution < -0.4 is 24.4 Å². The number of rotatable bonds is 13. The fourth-order valence-electron chi connectivity index (χ4n) is 12.6. The number of piperazine rings is 1. The maximum atomic E-state index is 17.1. The van der Waals surface area contributed by atoms with Crippen molar-refractivity contribution in [2.45, 2.75) is 62.6 Å². The summed E-state index contributed by atoms with van der Waals surface area (Å²) in [5.74, 6) is 3.52. The van der Waals surface area contributed by atoms with Crippen molar-refractivity contribution in [2.24, 2.45) is 11.8 Å². The number of methoxy groups -OCH3 is 1. The predicted molar refractivity (Wildman–Crippen MR) is 299 cm³/mol. The van der Waals surface area contributed by atoms with E-state index in [0.717, 1.165) is 21.5 Å². The number of ether oxygens (including phenoxy) is 5. The average molecular weight is 1110 g/mol. The van der Waals surface area contributed by atoms with Crippen LogP contribution in [0.5, 0.6) is 17.2 Å².